The molecule has 4 heterocycles. The minimum Gasteiger partial charge on any atom is -0.305 e. The molecule has 142 valence electrons. The summed E-state index contributed by atoms with van der Waals surface area (Å²) in [5.74, 6) is 0.215. The fraction of sp³-hybridized carbons (Fsp3) is 0.211. The average molecular weight is 376 g/mol. The van der Waals surface area contributed by atoms with Crippen LogP contribution in [0.15, 0.2) is 55.4 Å². The van der Waals surface area contributed by atoms with E-state index in [9.17, 15) is 4.79 Å². The first-order valence-corrected chi connectivity index (χ1v) is 8.92. The number of hydrogen-bond donors (Lipinski definition) is 1. The zero-order valence-electron chi connectivity index (χ0n) is 15.6. The minimum absolute atomic E-state index is 0.265. The summed E-state index contributed by atoms with van der Waals surface area (Å²) in [6, 6.07) is 5.62. The van der Waals surface area contributed by atoms with Crippen LogP contribution in [0.2, 0.25) is 0 Å². The number of pyridine rings is 1. The molecular weight excluding hydrogens is 356 g/mol. The predicted octanol–water partition coefficient (Wildman–Crippen LogP) is 2.20. The van der Waals surface area contributed by atoms with E-state index >= 15 is 0 Å². The average Bonchev–Trinajstić information content (AvgIpc) is 3.42. The van der Waals surface area contributed by atoms with Crippen molar-refractivity contribution in [1.82, 2.24) is 34.3 Å². The maximum absolute atomic E-state index is 12.8. The number of anilines is 1. The lowest BCUT2D eigenvalue weighted by molar-refractivity contribution is 0.102. The summed E-state index contributed by atoms with van der Waals surface area (Å²) < 4.78 is 5.17. The molecule has 0 saturated carbocycles. The molecular formula is C19H20N8O. The van der Waals surface area contributed by atoms with Crippen molar-refractivity contribution in [3.8, 4) is 11.3 Å². The molecule has 4 aromatic heterocycles. The Labute approximate surface area is 161 Å². The topological polar surface area (TPSA) is 95.5 Å². The summed E-state index contributed by atoms with van der Waals surface area (Å²) in [4.78, 5) is 16.9. The molecule has 28 heavy (non-hydrogen) atoms. The van der Waals surface area contributed by atoms with Gasteiger partial charge in [-0.05, 0) is 18.6 Å². The molecule has 4 rings (SSSR count). The van der Waals surface area contributed by atoms with Crippen molar-refractivity contribution >= 4 is 11.7 Å². The normalized spacial score (nSPS) is 10.9. The van der Waals surface area contributed by atoms with E-state index in [1.54, 1.807) is 51.9 Å². The van der Waals surface area contributed by atoms with Gasteiger partial charge < -0.3 is 5.32 Å². The molecule has 1 N–H and O–H groups in total. The van der Waals surface area contributed by atoms with Crippen LogP contribution in [-0.2, 0) is 20.1 Å². The Balaban J connectivity index is 1.51. The van der Waals surface area contributed by atoms with Gasteiger partial charge in [-0.1, -0.05) is 6.07 Å². The Morgan fingerprint density at radius 1 is 1.14 bits per heavy atom. The molecule has 0 bridgehead atoms. The molecule has 0 atom stereocenters. The largest absolute Gasteiger partial charge is 0.305 e. The first-order chi connectivity index (χ1) is 13.6. The maximum atomic E-state index is 12.8. The molecule has 4 aromatic rings. The van der Waals surface area contributed by atoms with Crippen LogP contribution in [-0.4, -0.2) is 40.2 Å². The van der Waals surface area contributed by atoms with Gasteiger partial charge in [0.05, 0.1) is 18.3 Å². The summed E-state index contributed by atoms with van der Waals surface area (Å²) in [5, 5.41) is 15.9. The molecule has 0 radical (unpaired) electrons. The molecule has 0 aliphatic carbocycles. The van der Waals surface area contributed by atoms with Crippen LogP contribution in [0, 0.1) is 0 Å². The number of hydrogen-bond acceptors (Lipinski definition) is 5. The Bertz CT molecular complexity index is 1090. The number of nitrogens with one attached hydrogen (secondary N) is 1. The SMILES string of the molecule is CCn1cc(-c2nn(C)cc2C(=O)Nc2ccn(Cc3cccnc3)n2)cn1. The lowest BCUT2D eigenvalue weighted by Gasteiger charge is -2.03. The van der Waals surface area contributed by atoms with Crippen LogP contribution in [0.3, 0.4) is 0 Å². The number of nitrogens with zero attached hydrogens (tertiary/aromatic N) is 7. The van der Waals surface area contributed by atoms with Gasteiger partial charge in [0, 0.05) is 56.2 Å². The summed E-state index contributed by atoms with van der Waals surface area (Å²) in [6.07, 6.45) is 10.6. The van der Waals surface area contributed by atoms with E-state index in [1.807, 2.05) is 31.5 Å². The second-order valence-electron chi connectivity index (χ2n) is 6.36. The molecule has 0 saturated heterocycles. The minimum atomic E-state index is -0.265. The van der Waals surface area contributed by atoms with Crippen LogP contribution in [0.1, 0.15) is 22.8 Å². The quantitative estimate of drug-likeness (QED) is 0.557. The highest BCUT2D eigenvalue weighted by molar-refractivity contribution is 6.07. The van der Waals surface area contributed by atoms with Crippen molar-refractivity contribution in [3.05, 3.63) is 66.5 Å². The predicted molar refractivity (Wildman–Crippen MR) is 104 cm³/mol. The summed E-state index contributed by atoms with van der Waals surface area (Å²) >= 11 is 0. The molecule has 1 amide bonds. The van der Waals surface area contributed by atoms with Crippen molar-refractivity contribution < 1.29 is 4.79 Å². The third-order valence-electron chi connectivity index (χ3n) is 4.25. The van der Waals surface area contributed by atoms with Crippen molar-refractivity contribution in [3.63, 3.8) is 0 Å². The van der Waals surface area contributed by atoms with Crippen LogP contribution in [0.4, 0.5) is 5.82 Å². The van der Waals surface area contributed by atoms with E-state index in [2.05, 4.69) is 25.6 Å². The van der Waals surface area contributed by atoms with Gasteiger partial charge in [0.2, 0.25) is 0 Å². The molecule has 0 unspecified atom stereocenters. The highest BCUT2D eigenvalue weighted by Gasteiger charge is 2.19. The Morgan fingerprint density at radius 2 is 2.04 bits per heavy atom. The first-order valence-electron chi connectivity index (χ1n) is 8.92. The van der Waals surface area contributed by atoms with Crippen LogP contribution in [0.25, 0.3) is 11.3 Å². The number of aryl methyl sites for hydroxylation is 2. The van der Waals surface area contributed by atoms with E-state index in [1.165, 1.54) is 0 Å². The summed E-state index contributed by atoms with van der Waals surface area (Å²) in [5.41, 5.74) is 2.90. The van der Waals surface area contributed by atoms with Gasteiger partial charge in [-0.3, -0.25) is 23.8 Å². The van der Waals surface area contributed by atoms with Crippen molar-refractivity contribution in [2.75, 3.05) is 5.32 Å². The third kappa shape index (κ3) is 3.68. The second kappa shape index (κ2) is 7.47. The number of rotatable bonds is 6. The fourth-order valence-corrected chi connectivity index (χ4v) is 2.91. The maximum Gasteiger partial charge on any atom is 0.260 e. The summed E-state index contributed by atoms with van der Waals surface area (Å²) in [7, 11) is 1.78. The molecule has 0 aromatic carbocycles. The highest BCUT2D eigenvalue weighted by Crippen LogP contribution is 2.22. The van der Waals surface area contributed by atoms with E-state index < -0.39 is 0 Å². The van der Waals surface area contributed by atoms with Gasteiger partial charge >= 0.3 is 0 Å². The van der Waals surface area contributed by atoms with Gasteiger partial charge in [0.15, 0.2) is 5.82 Å². The highest BCUT2D eigenvalue weighted by atomic mass is 16.1. The van der Waals surface area contributed by atoms with Crippen LogP contribution >= 0.6 is 0 Å². The molecule has 9 heteroatoms. The lowest BCUT2D eigenvalue weighted by Crippen LogP contribution is -2.13. The van der Waals surface area contributed by atoms with Gasteiger partial charge in [-0.15, -0.1) is 0 Å². The molecule has 0 spiro atoms. The third-order valence-corrected chi connectivity index (χ3v) is 4.25. The zero-order valence-corrected chi connectivity index (χ0v) is 15.6. The van der Waals surface area contributed by atoms with E-state index in [0.29, 0.717) is 23.6 Å². The van der Waals surface area contributed by atoms with E-state index in [4.69, 9.17) is 0 Å². The van der Waals surface area contributed by atoms with E-state index in [0.717, 1.165) is 17.7 Å². The van der Waals surface area contributed by atoms with Crippen molar-refractivity contribution in [2.24, 2.45) is 7.05 Å². The number of carbonyl (C=O) groups is 1. The van der Waals surface area contributed by atoms with Crippen LogP contribution in [0.5, 0.6) is 0 Å². The lowest BCUT2D eigenvalue weighted by atomic mass is 10.1. The second-order valence-corrected chi connectivity index (χ2v) is 6.36. The fourth-order valence-electron chi connectivity index (χ4n) is 2.91. The number of aromatic nitrogens is 7. The monoisotopic (exact) mass is 376 g/mol. The van der Waals surface area contributed by atoms with Gasteiger partial charge in [0.25, 0.3) is 5.91 Å². The Hall–Kier alpha value is -3.75. The first kappa shape index (κ1) is 17.7. The zero-order chi connectivity index (χ0) is 19.5. The van der Waals surface area contributed by atoms with Gasteiger partial charge in [0.1, 0.15) is 5.69 Å². The molecule has 0 fully saturated rings. The van der Waals surface area contributed by atoms with Gasteiger partial charge in [-0.2, -0.15) is 15.3 Å². The number of amides is 1. The molecule has 0 aliphatic rings. The van der Waals surface area contributed by atoms with E-state index in [-0.39, 0.29) is 5.91 Å². The van der Waals surface area contributed by atoms with Crippen molar-refractivity contribution in [2.45, 2.75) is 20.0 Å². The Kier molecular flexibility index (Phi) is 4.71. The number of carbonyl (C=O) groups excluding carboxylic acids is 1. The standard InChI is InChI=1S/C19H20N8O/c1-3-26-12-15(10-21-26)18-16(13-25(2)24-18)19(28)22-17-6-8-27(23-17)11-14-5-4-7-20-9-14/h4-10,12-13H,3,11H2,1-2H3,(H,22,23,28). The summed E-state index contributed by atoms with van der Waals surface area (Å²) in [6.45, 7) is 3.34. The smallest absolute Gasteiger partial charge is 0.260 e. The molecule has 0 aliphatic heterocycles. The molecule has 9 nitrogen and oxygen atoms in total. The Morgan fingerprint density at radius 3 is 2.79 bits per heavy atom. The van der Waals surface area contributed by atoms with Crippen molar-refractivity contribution in [1.29, 1.82) is 0 Å². The van der Waals surface area contributed by atoms with Gasteiger partial charge in [-0.25, -0.2) is 0 Å². The van der Waals surface area contributed by atoms with Crippen LogP contribution < -0.4 is 5.32 Å².